The molecule has 1 aliphatic rings. The highest BCUT2D eigenvalue weighted by atomic mass is 32.1. The molecule has 1 fully saturated rings. The van der Waals surface area contributed by atoms with Gasteiger partial charge in [-0.2, -0.15) is 0 Å². The van der Waals surface area contributed by atoms with Crippen LogP contribution in [0.4, 0.5) is 9.93 Å². The first-order chi connectivity index (χ1) is 9.99. The number of carbonyl (C=O) groups is 2. The molecule has 2 rings (SSSR count). The van der Waals surface area contributed by atoms with Crippen LogP contribution >= 0.6 is 11.3 Å². The molecule has 0 radical (unpaired) electrons. The summed E-state index contributed by atoms with van der Waals surface area (Å²) in [5.41, 5.74) is 0.985. The van der Waals surface area contributed by atoms with Gasteiger partial charge in [0.2, 0.25) is 0 Å². The maximum Gasteiger partial charge on any atom is 0.332 e. The lowest BCUT2D eigenvalue weighted by atomic mass is 10.2. The standard InChI is InChI=1S/C13H19N3O4S/c1-3-9-7(2)21-13(15-9)16-12(19)14-6-8-4-5-10(20-8)11(17)18/h8,10H,3-6H2,1-2H3,(H,17,18)(H2,14,15,16,19). The van der Waals surface area contributed by atoms with Crippen LogP contribution in [0.1, 0.15) is 30.3 Å². The second-order valence-electron chi connectivity index (χ2n) is 4.87. The molecule has 21 heavy (non-hydrogen) atoms. The molecule has 2 atom stereocenters. The minimum absolute atomic E-state index is 0.249. The van der Waals surface area contributed by atoms with E-state index >= 15 is 0 Å². The van der Waals surface area contributed by atoms with Gasteiger partial charge in [-0.15, -0.1) is 11.3 Å². The molecule has 1 aromatic heterocycles. The summed E-state index contributed by atoms with van der Waals surface area (Å²) in [6.07, 6.45) is 0.940. The molecule has 1 saturated heterocycles. The number of thiazole rings is 1. The zero-order chi connectivity index (χ0) is 15.4. The third kappa shape index (κ3) is 4.15. The highest BCUT2D eigenvalue weighted by Crippen LogP contribution is 2.22. The van der Waals surface area contributed by atoms with Gasteiger partial charge in [0.15, 0.2) is 11.2 Å². The maximum absolute atomic E-state index is 11.8. The number of amides is 2. The number of hydrogen-bond donors (Lipinski definition) is 3. The van der Waals surface area contributed by atoms with E-state index in [9.17, 15) is 9.59 Å². The smallest absolute Gasteiger partial charge is 0.332 e. The number of nitrogens with zero attached hydrogens (tertiary/aromatic N) is 1. The molecule has 0 saturated carbocycles. The Morgan fingerprint density at radius 2 is 2.24 bits per heavy atom. The van der Waals surface area contributed by atoms with Gasteiger partial charge in [-0.05, 0) is 26.2 Å². The van der Waals surface area contributed by atoms with E-state index in [1.807, 2.05) is 13.8 Å². The molecule has 0 aliphatic carbocycles. The molecular formula is C13H19N3O4S. The molecule has 0 aromatic carbocycles. The van der Waals surface area contributed by atoms with Gasteiger partial charge in [0.05, 0.1) is 11.8 Å². The van der Waals surface area contributed by atoms with Crippen LogP contribution in [-0.4, -0.2) is 40.8 Å². The van der Waals surface area contributed by atoms with Crippen LogP contribution in [0.15, 0.2) is 0 Å². The van der Waals surface area contributed by atoms with Crippen molar-refractivity contribution in [3.8, 4) is 0 Å². The fourth-order valence-electron chi connectivity index (χ4n) is 2.19. The molecule has 1 aliphatic heterocycles. The normalized spacial score (nSPS) is 21.2. The van der Waals surface area contributed by atoms with E-state index in [1.165, 1.54) is 11.3 Å². The molecule has 1 aromatic rings. The third-order valence-corrected chi connectivity index (χ3v) is 4.25. The van der Waals surface area contributed by atoms with Gasteiger partial charge in [0, 0.05) is 11.4 Å². The highest BCUT2D eigenvalue weighted by molar-refractivity contribution is 7.15. The second-order valence-corrected chi connectivity index (χ2v) is 6.08. The molecule has 2 heterocycles. The average Bonchev–Trinajstić information content (AvgIpc) is 3.03. The number of aliphatic carboxylic acids is 1. The molecule has 7 nitrogen and oxygen atoms in total. The van der Waals surface area contributed by atoms with E-state index in [0.717, 1.165) is 17.0 Å². The lowest BCUT2D eigenvalue weighted by molar-refractivity contribution is -0.149. The van der Waals surface area contributed by atoms with Crippen molar-refractivity contribution in [2.75, 3.05) is 11.9 Å². The molecule has 2 unspecified atom stereocenters. The fourth-order valence-corrected chi connectivity index (χ4v) is 3.09. The molecule has 2 amide bonds. The quantitative estimate of drug-likeness (QED) is 0.769. The zero-order valence-corrected chi connectivity index (χ0v) is 12.8. The largest absolute Gasteiger partial charge is 0.479 e. The first kappa shape index (κ1) is 15.7. The molecule has 3 N–H and O–H groups in total. The highest BCUT2D eigenvalue weighted by Gasteiger charge is 2.30. The number of ether oxygens (including phenoxy) is 1. The van der Waals surface area contributed by atoms with Crippen molar-refractivity contribution < 1.29 is 19.4 Å². The lowest BCUT2D eigenvalue weighted by Crippen LogP contribution is -2.35. The Hall–Kier alpha value is -1.67. The SMILES string of the molecule is CCc1nc(NC(=O)NCC2CCC(C(=O)O)O2)sc1C. The number of aromatic nitrogens is 1. The Kier molecular flexibility index (Phi) is 5.13. The number of carboxylic acid groups (broad SMARTS) is 1. The van der Waals surface area contributed by atoms with Crippen LogP contribution in [0.2, 0.25) is 0 Å². The summed E-state index contributed by atoms with van der Waals surface area (Å²) < 4.78 is 5.31. The van der Waals surface area contributed by atoms with Gasteiger partial charge in [-0.3, -0.25) is 5.32 Å². The van der Waals surface area contributed by atoms with Crippen LogP contribution in [0.5, 0.6) is 0 Å². The van der Waals surface area contributed by atoms with Crippen LogP contribution in [0.3, 0.4) is 0 Å². The molecule has 0 bridgehead atoms. The van der Waals surface area contributed by atoms with Gasteiger partial charge < -0.3 is 15.2 Å². The molecular weight excluding hydrogens is 294 g/mol. The van der Waals surface area contributed by atoms with Gasteiger partial charge in [-0.1, -0.05) is 6.92 Å². The van der Waals surface area contributed by atoms with Crippen molar-refractivity contribution in [2.24, 2.45) is 0 Å². The molecule has 0 spiro atoms. The van der Waals surface area contributed by atoms with Crippen LogP contribution in [-0.2, 0) is 16.0 Å². The predicted molar refractivity (Wildman–Crippen MR) is 78.8 cm³/mol. The van der Waals surface area contributed by atoms with E-state index in [0.29, 0.717) is 24.5 Å². The third-order valence-electron chi connectivity index (χ3n) is 3.32. The Bertz CT molecular complexity index is 531. The summed E-state index contributed by atoms with van der Waals surface area (Å²) in [7, 11) is 0. The fraction of sp³-hybridized carbons (Fsp3) is 0.615. The van der Waals surface area contributed by atoms with E-state index in [1.54, 1.807) is 0 Å². The number of nitrogens with one attached hydrogen (secondary N) is 2. The van der Waals surface area contributed by atoms with Crippen molar-refractivity contribution in [3.05, 3.63) is 10.6 Å². The Labute approximate surface area is 126 Å². The summed E-state index contributed by atoms with van der Waals surface area (Å²) in [6, 6.07) is -0.353. The van der Waals surface area contributed by atoms with E-state index in [-0.39, 0.29) is 12.1 Å². The Morgan fingerprint density at radius 1 is 1.48 bits per heavy atom. The first-order valence-electron chi connectivity index (χ1n) is 6.89. The zero-order valence-electron chi connectivity index (χ0n) is 12.0. The van der Waals surface area contributed by atoms with Crippen LogP contribution < -0.4 is 10.6 Å². The first-order valence-corrected chi connectivity index (χ1v) is 7.70. The van der Waals surface area contributed by atoms with E-state index in [4.69, 9.17) is 9.84 Å². The van der Waals surface area contributed by atoms with Crippen molar-refractivity contribution in [3.63, 3.8) is 0 Å². The number of hydrogen-bond acceptors (Lipinski definition) is 5. The second kappa shape index (κ2) is 6.86. The number of carbonyl (C=O) groups excluding carboxylic acids is 1. The van der Waals surface area contributed by atoms with Crippen LogP contribution in [0.25, 0.3) is 0 Å². The summed E-state index contributed by atoms with van der Waals surface area (Å²) in [5.74, 6) is -0.952. The minimum Gasteiger partial charge on any atom is -0.479 e. The lowest BCUT2D eigenvalue weighted by Gasteiger charge is -2.12. The van der Waals surface area contributed by atoms with Gasteiger partial charge >= 0.3 is 12.0 Å². The van der Waals surface area contributed by atoms with Gasteiger partial charge in [-0.25, -0.2) is 14.6 Å². The molecule has 116 valence electrons. The number of rotatable bonds is 5. The summed E-state index contributed by atoms with van der Waals surface area (Å²) in [5, 5.41) is 14.7. The minimum atomic E-state index is -0.952. The molecule has 8 heteroatoms. The summed E-state index contributed by atoms with van der Waals surface area (Å²) in [4.78, 5) is 27.9. The average molecular weight is 313 g/mol. The van der Waals surface area contributed by atoms with Crippen molar-refractivity contribution >= 4 is 28.5 Å². The number of carboxylic acids is 1. The summed E-state index contributed by atoms with van der Waals surface area (Å²) in [6.45, 7) is 4.28. The van der Waals surface area contributed by atoms with Crippen molar-refractivity contribution in [2.45, 2.75) is 45.3 Å². The number of aryl methyl sites for hydroxylation is 2. The van der Waals surface area contributed by atoms with Crippen molar-refractivity contribution in [1.82, 2.24) is 10.3 Å². The predicted octanol–water partition coefficient (Wildman–Crippen LogP) is 1.77. The monoisotopic (exact) mass is 313 g/mol. The van der Waals surface area contributed by atoms with E-state index in [2.05, 4.69) is 15.6 Å². The topological polar surface area (TPSA) is 101 Å². The van der Waals surface area contributed by atoms with Crippen molar-refractivity contribution in [1.29, 1.82) is 0 Å². The number of urea groups is 1. The number of anilines is 1. The van der Waals surface area contributed by atoms with Crippen LogP contribution in [0, 0.1) is 6.92 Å². The maximum atomic E-state index is 11.8. The Balaban J connectivity index is 1.76. The van der Waals surface area contributed by atoms with Gasteiger partial charge in [0.1, 0.15) is 0 Å². The van der Waals surface area contributed by atoms with Gasteiger partial charge in [0.25, 0.3) is 0 Å². The van der Waals surface area contributed by atoms with E-state index < -0.39 is 12.1 Å². The Morgan fingerprint density at radius 3 is 2.81 bits per heavy atom. The summed E-state index contributed by atoms with van der Waals surface area (Å²) >= 11 is 1.44.